The molecule has 2 N–H and O–H groups in total. The molecule has 0 spiro atoms. The van der Waals surface area contributed by atoms with Crippen molar-refractivity contribution in [2.75, 3.05) is 0 Å². The number of pyridine rings is 1. The second-order valence-corrected chi connectivity index (χ2v) is 3.80. The maximum Gasteiger partial charge on any atom is 0.417 e. The minimum Gasteiger partial charge on any atom is -0.352 e. The summed E-state index contributed by atoms with van der Waals surface area (Å²) in [6, 6.07) is 0.856. The van der Waals surface area contributed by atoms with Crippen LogP contribution in [0.15, 0.2) is 10.9 Å². The van der Waals surface area contributed by atoms with Gasteiger partial charge in [0.1, 0.15) is 0 Å². The third-order valence-electron chi connectivity index (χ3n) is 2.36. The highest BCUT2D eigenvalue weighted by Crippen LogP contribution is 2.30. The van der Waals surface area contributed by atoms with E-state index in [2.05, 4.69) is 10.3 Å². The topological polar surface area (TPSA) is 62.0 Å². The Balaban J connectivity index is 3.17. The lowest BCUT2D eigenvalue weighted by atomic mass is 10.1. The van der Waals surface area contributed by atoms with Crippen LogP contribution >= 0.6 is 0 Å². The van der Waals surface area contributed by atoms with Gasteiger partial charge in [-0.25, -0.2) is 0 Å². The van der Waals surface area contributed by atoms with Crippen LogP contribution < -0.4 is 10.9 Å². The van der Waals surface area contributed by atoms with Crippen molar-refractivity contribution >= 4 is 5.91 Å². The van der Waals surface area contributed by atoms with Crippen molar-refractivity contribution in [3.63, 3.8) is 0 Å². The number of H-pyrrole nitrogens is 1. The summed E-state index contributed by atoms with van der Waals surface area (Å²) in [5.74, 6) is -0.414. The number of aromatic amines is 1. The van der Waals surface area contributed by atoms with Gasteiger partial charge in [0, 0.05) is 24.2 Å². The SMILES string of the molecule is CCC(=O)NCc1c(C(F)(F)F)cc(C)[nH]c1=O. The van der Waals surface area contributed by atoms with Gasteiger partial charge in [0.15, 0.2) is 0 Å². The summed E-state index contributed by atoms with van der Waals surface area (Å²) >= 11 is 0. The highest BCUT2D eigenvalue weighted by Gasteiger charge is 2.34. The molecule has 0 aliphatic carbocycles. The molecule has 0 radical (unpaired) electrons. The number of amides is 1. The number of rotatable bonds is 3. The van der Waals surface area contributed by atoms with Crippen molar-refractivity contribution in [2.45, 2.75) is 33.0 Å². The Kier molecular flexibility index (Phi) is 4.15. The maximum absolute atomic E-state index is 12.7. The molecule has 0 unspecified atom stereocenters. The van der Waals surface area contributed by atoms with E-state index in [4.69, 9.17) is 0 Å². The Labute approximate surface area is 101 Å². The summed E-state index contributed by atoms with van der Waals surface area (Å²) in [6.07, 6.45) is -4.48. The van der Waals surface area contributed by atoms with E-state index >= 15 is 0 Å². The van der Waals surface area contributed by atoms with Crippen molar-refractivity contribution in [3.05, 3.63) is 33.2 Å². The first-order chi connectivity index (χ1) is 8.25. The summed E-state index contributed by atoms with van der Waals surface area (Å²) in [7, 11) is 0. The lowest BCUT2D eigenvalue weighted by Crippen LogP contribution is -2.29. The summed E-state index contributed by atoms with van der Waals surface area (Å²) in [4.78, 5) is 24.8. The van der Waals surface area contributed by atoms with Crippen LogP contribution in [0.5, 0.6) is 0 Å². The number of carbonyl (C=O) groups is 1. The number of aromatic nitrogens is 1. The molecule has 0 saturated carbocycles. The highest BCUT2D eigenvalue weighted by atomic mass is 19.4. The Bertz CT molecular complexity index is 506. The number of aryl methyl sites for hydroxylation is 1. The third-order valence-corrected chi connectivity index (χ3v) is 2.36. The van der Waals surface area contributed by atoms with Crippen molar-refractivity contribution in [1.82, 2.24) is 10.3 Å². The normalized spacial score (nSPS) is 11.4. The van der Waals surface area contributed by atoms with Crippen LogP contribution in [-0.4, -0.2) is 10.9 Å². The Morgan fingerprint density at radius 3 is 2.56 bits per heavy atom. The van der Waals surface area contributed by atoms with Gasteiger partial charge >= 0.3 is 6.18 Å². The lowest BCUT2D eigenvalue weighted by Gasteiger charge is -2.13. The van der Waals surface area contributed by atoms with Crippen LogP contribution in [0.4, 0.5) is 13.2 Å². The maximum atomic E-state index is 12.7. The summed E-state index contributed by atoms with van der Waals surface area (Å²) < 4.78 is 38.2. The van der Waals surface area contributed by atoms with Gasteiger partial charge in [-0.3, -0.25) is 9.59 Å². The fraction of sp³-hybridized carbons (Fsp3) is 0.455. The zero-order valence-electron chi connectivity index (χ0n) is 9.94. The predicted molar refractivity (Wildman–Crippen MR) is 58.9 cm³/mol. The first kappa shape index (κ1) is 14.3. The van der Waals surface area contributed by atoms with Crippen molar-refractivity contribution in [1.29, 1.82) is 0 Å². The molecule has 0 atom stereocenters. The van der Waals surface area contributed by atoms with E-state index in [0.29, 0.717) is 0 Å². The molecule has 18 heavy (non-hydrogen) atoms. The minimum absolute atomic E-state index is 0.123. The molecule has 0 fully saturated rings. The van der Waals surface area contributed by atoms with Crippen LogP contribution in [0.3, 0.4) is 0 Å². The number of hydrogen-bond acceptors (Lipinski definition) is 2. The van der Waals surface area contributed by atoms with E-state index in [1.54, 1.807) is 6.92 Å². The lowest BCUT2D eigenvalue weighted by molar-refractivity contribution is -0.138. The molecule has 4 nitrogen and oxygen atoms in total. The van der Waals surface area contributed by atoms with E-state index in [1.165, 1.54) is 6.92 Å². The van der Waals surface area contributed by atoms with Gasteiger partial charge in [-0.05, 0) is 13.0 Å². The first-order valence-electron chi connectivity index (χ1n) is 5.32. The summed E-state index contributed by atoms with van der Waals surface area (Å²) in [5, 5.41) is 2.26. The van der Waals surface area contributed by atoms with E-state index in [1.807, 2.05) is 0 Å². The van der Waals surface area contributed by atoms with Crippen molar-refractivity contribution < 1.29 is 18.0 Å². The van der Waals surface area contributed by atoms with Gasteiger partial charge in [0.05, 0.1) is 5.56 Å². The third kappa shape index (κ3) is 3.35. The molecule has 100 valence electrons. The molecule has 0 bridgehead atoms. The quantitative estimate of drug-likeness (QED) is 0.871. The molecule has 1 amide bonds. The second kappa shape index (κ2) is 5.24. The first-order valence-corrected chi connectivity index (χ1v) is 5.32. The van der Waals surface area contributed by atoms with Gasteiger partial charge in [-0.15, -0.1) is 0 Å². The average Bonchev–Trinajstić information content (AvgIpc) is 2.25. The van der Waals surface area contributed by atoms with E-state index in [0.717, 1.165) is 6.07 Å². The molecule has 0 aliphatic heterocycles. The number of nitrogens with one attached hydrogen (secondary N) is 2. The number of carbonyl (C=O) groups excluding carboxylic acids is 1. The molecule has 1 heterocycles. The number of hydrogen-bond donors (Lipinski definition) is 2. The van der Waals surface area contributed by atoms with Gasteiger partial charge in [0.25, 0.3) is 5.56 Å². The van der Waals surface area contributed by atoms with Crippen LogP contribution in [0.25, 0.3) is 0 Å². The summed E-state index contributed by atoms with van der Waals surface area (Å²) in [6.45, 7) is 2.50. The molecule has 1 rings (SSSR count). The molecular formula is C11H13F3N2O2. The highest BCUT2D eigenvalue weighted by molar-refractivity contribution is 5.75. The zero-order valence-corrected chi connectivity index (χ0v) is 9.94. The molecule has 0 aromatic carbocycles. The molecule has 0 aliphatic rings. The molecule has 1 aromatic rings. The van der Waals surface area contributed by atoms with Crippen molar-refractivity contribution in [2.24, 2.45) is 0 Å². The fourth-order valence-electron chi connectivity index (χ4n) is 1.46. The van der Waals surface area contributed by atoms with Gasteiger partial charge in [0.2, 0.25) is 5.91 Å². The van der Waals surface area contributed by atoms with E-state index < -0.39 is 35.3 Å². The Morgan fingerprint density at radius 1 is 1.44 bits per heavy atom. The molecule has 1 aromatic heterocycles. The monoisotopic (exact) mass is 262 g/mol. The smallest absolute Gasteiger partial charge is 0.352 e. The standard InChI is InChI=1S/C11H13F3N2O2/c1-3-9(17)15-5-7-8(11(12,13)14)4-6(2)16-10(7)18/h4H,3,5H2,1-2H3,(H,15,17)(H,16,18). The van der Waals surface area contributed by atoms with Crippen molar-refractivity contribution in [3.8, 4) is 0 Å². The Hall–Kier alpha value is -1.79. The molecule has 0 saturated heterocycles. The van der Waals surface area contributed by atoms with Crippen LogP contribution in [0.1, 0.15) is 30.2 Å². The molecule has 7 heteroatoms. The Morgan fingerprint density at radius 2 is 2.06 bits per heavy atom. The number of alkyl halides is 3. The minimum atomic E-state index is -4.62. The average molecular weight is 262 g/mol. The van der Waals surface area contributed by atoms with Crippen LogP contribution in [-0.2, 0) is 17.5 Å². The van der Waals surface area contributed by atoms with Crippen LogP contribution in [0.2, 0.25) is 0 Å². The molecular weight excluding hydrogens is 249 g/mol. The van der Waals surface area contributed by atoms with Gasteiger partial charge in [-0.2, -0.15) is 13.2 Å². The second-order valence-electron chi connectivity index (χ2n) is 3.80. The van der Waals surface area contributed by atoms with E-state index in [9.17, 15) is 22.8 Å². The number of halogens is 3. The predicted octanol–water partition coefficient (Wildman–Crippen LogP) is 1.73. The fourth-order valence-corrected chi connectivity index (χ4v) is 1.46. The van der Waals surface area contributed by atoms with E-state index in [-0.39, 0.29) is 12.1 Å². The largest absolute Gasteiger partial charge is 0.417 e. The van der Waals surface area contributed by atoms with Gasteiger partial charge in [-0.1, -0.05) is 6.92 Å². The zero-order chi connectivity index (χ0) is 13.9. The van der Waals surface area contributed by atoms with Crippen LogP contribution in [0, 0.1) is 6.92 Å². The summed E-state index contributed by atoms with van der Waals surface area (Å²) in [5.41, 5.74) is -2.20. The van der Waals surface area contributed by atoms with Gasteiger partial charge < -0.3 is 10.3 Å².